The number of hydrogen-bond acceptors (Lipinski definition) is 6. The number of ether oxygens (including phenoxy) is 1. The maximum absolute atomic E-state index is 11.8. The zero-order valence-electron chi connectivity index (χ0n) is 15.9. The van der Waals surface area contributed by atoms with E-state index in [1.54, 1.807) is 36.4 Å². The van der Waals surface area contributed by atoms with Gasteiger partial charge in [0.1, 0.15) is 29.0 Å². The van der Waals surface area contributed by atoms with E-state index in [2.05, 4.69) is 0 Å². The van der Waals surface area contributed by atoms with Gasteiger partial charge in [0.25, 0.3) is 0 Å². The molecule has 0 amide bonds. The van der Waals surface area contributed by atoms with Crippen LogP contribution in [-0.2, 0) is 6.42 Å². The first kappa shape index (κ1) is 23.7. The number of rotatable bonds is 4. The van der Waals surface area contributed by atoms with Crippen LogP contribution in [0.4, 0.5) is 5.69 Å². The first-order valence-electron chi connectivity index (χ1n) is 9.02. The summed E-state index contributed by atoms with van der Waals surface area (Å²) in [5.74, 6) is -0.402. The molecule has 2 aliphatic heterocycles. The average molecular weight is 454 g/mol. The van der Waals surface area contributed by atoms with Crippen molar-refractivity contribution in [3.05, 3.63) is 53.1 Å². The average Bonchev–Trinajstić information content (AvgIpc) is 2.63. The van der Waals surface area contributed by atoms with Crippen LogP contribution in [0, 0.1) is 5.41 Å². The number of nitrogen functional groups attached to an aromatic ring is 1. The molecule has 30 heavy (non-hydrogen) atoms. The first-order valence-corrected chi connectivity index (χ1v) is 9.02. The molecule has 0 spiro atoms. The van der Waals surface area contributed by atoms with Crippen LogP contribution in [0.2, 0.25) is 6.32 Å². The van der Waals surface area contributed by atoms with Gasteiger partial charge in [0.05, 0.1) is 13.1 Å². The number of aryl methyl sites for hydroxylation is 1. The number of hydrogen-bond donors (Lipinski definition) is 4. The second kappa shape index (κ2) is 9.46. The number of likely N-dealkylation sites (tertiary alicyclic amines) is 1. The zero-order chi connectivity index (χ0) is 19.8. The third kappa shape index (κ3) is 4.58. The van der Waals surface area contributed by atoms with E-state index < -0.39 is 13.1 Å². The van der Waals surface area contributed by atoms with Gasteiger partial charge in [-0.3, -0.25) is 5.41 Å². The van der Waals surface area contributed by atoms with Crippen LogP contribution in [0.1, 0.15) is 21.5 Å². The standard InChI is InChI=1S/C19H20BN3O5.2ClH/c21-13-4-1-12(2-5-13)18(22)23-9-14(10-23)27-15-6-3-11-7-8-20(26)28-17(11)16(15)19(24)25;;/h1-6,14,22,26H,7-10,21H2,(H,24,25);2*1H. The number of fused-ring (bicyclic) bond motifs is 1. The van der Waals surface area contributed by atoms with Gasteiger partial charge in [-0.15, -0.1) is 24.8 Å². The Morgan fingerprint density at radius 3 is 2.50 bits per heavy atom. The number of carbonyl (C=O) groups is 1. The molecule has 8 nitrogen and oxygen atoms in total. The van der Waals surface area contributed by atoms with E-state index in [4.69, 9.17) is 20.5 Å². The van der Waals surface area contributed by atoms with Gasteiger partial charge in [-0.05, 0) is 48.6 Å². The number of aromatic carboxylic acids is 1. The van der Waals surface area contributed by atoms with Crippen molar-refractivity contribution >= 4 is 49.4 Å². The van der Waals surface area contributed by atoms with E-state index >= 15 is 0 Å². The quantitative estimate of drug-likeness (QED) is 0.242. The number of amidine groups is 1. The van der Waals surface area contributed by atoms with Crippen molar-refractivity contribution in [3.8, 4) is 11.5 Å². The highest BCUT2D eigenvalue weighted by atomic mass is 35.5. The number of benzene rings is 2. The van der Waals surface area contributed by atoms with Crippen molar-refractivity contribution in [2.45, 2.75) is 18.8 Å². The van der Waals surface area contributed by atoms with Crippen molar-refractivity contribution in [3.63, 3.8) is 0 Å². The lowest BCUT2D eigenvalue weighted by Crippen LogP contribution is -2.56. The van der Waals surface area contributed by atoms with E-state index in [0.29, 0.717) is 37.4 Å². The highest BCUT2D eigenvalue weighted by Crippen LogP contribution is 2.37. The fraction of sp³-hybridized carbons (Fsp3) is 0.263. The van der Waals surface area contributed by atoms with Crippen LogP contribution in [0.3, 0.4) is 0 Å². The number of nitrogens with one attached hydrogen (secondary N) is 1. The summed E-state index contributed by atoms with van der Waals surface area (Å²) in [6.45, 7) is 0.950. The second-order valence-electron chi connectivity index (χ2n) is 6.96. The molecular formula is C19H22BCl2N3O5. The van der Waals surface area contributed by atoms with Crippen LogP contribution >= 0.6 is 24.8 Å². The minimum absolute atomic E-state index is 0. The van der Waals surface area contributed by atoms with Crippen LogP contribution in [0.15, 0.2) is 36.4 Å². The molecular weight excluding hydrogens is 432 g/mol. The fourth-order valence-corrected chi connectivity index (χ4v) is 3.41. The summed E-state index contributed by atoms with van der Waals surface area (Å²) in [4.78, 5) is 13.6. The Bertz CT molecular complexity index is 939. The molecule has 2 heterocycles. The molecule has 11 heteroatoms. The van der Waals surface area contributed by atoms with Crippen molar-refractivity contribution in [2.24, 2.45) is 0 Å². The van der Waals surface area contributed by atoms with Gasteiger partial charge in [-0.2, -0.15) is 0 Å². The summed E-state index contributed by atoms with van der Waals surface area (Å²) in [7, 11) is -1.01. The lowest BCUT2D eigenvalue weighted by molar-refractivity contribution is 0.0597. The van der Waals surface area contributed by atoms with Crippen molar-refractivity contribution in [2.75, 3.05) is 18.8 Å². The molecule has 0 radical (unpaired) electrons. The minimum Gasteiger partial charge on any atom is -0.535 e. The van der Waals surface area contributed by atoms with Crippen molar-refractivity contribution in [1.82, 2.24) is 4.90 Å². The SMILES string of the molecule is Cl.Cl.N=C(c1ccc(N)cc1)N1CC(Oc2ccc3c(c2C(=O)O)OB(O)CC3)C1. The molecule has 0 unspecified atom stereocenters. The third-order valence-electron chi connectivity index (χ3n) is 4.97. The van der Waals surface area contributed by atoms with E-state index in [1.807, 2.05) is 4.90 Å². The summed E-state index contributed by atoms with van der Waals surface area (Å²) < 4.78 is 11.2. The Morgan fingerprint density at radius 2 is 1.87 bits per heavy atom. The van der Waals surface area contributed by atoms with Crippen LogP contribution < -0.4 is 15.1 Å². The molecule has 4 rings (SSSR count). The maximum Gasteiger partial charge on any atom is 0.522 e. The molecule has 5 N–H and O–H groups in total. The molecule has 0 aliphatic carbocycles. The van der Waals surface area contributed by atoms with Gasteiger partial charge in [-0.1, -0.05) is 6.07 Å². The summed E-state index contributed by atoms with van der Waals surface area (Å²) in [5.41, 5.74) is 7.75. The van der Waals surface area contributed by atoms with Gasteiger partial charge in [0, 0.05) is 11.3 Å². The molecule has 2 aromatic carbocycles. The fourth-order valence-electron chi connectivity index (χ4n) is 3.41. The molecule has 2 aromatic rings. The van der Waals surface area contributed by atoms with Crippen LogP contribution in [0.25, 0.3) is 0 Å². The highest BCUT2D eigenvalue weighted by Gasteiger charge is 2.34. The van der Waals surface area contributed by atoms with Gasteiger partial charge >= 0.3 is 13.1 Å². The Morgan fingerprint density at radius 1 is 1.20 bits per heavy atom. The Labute approximate surface area is 186 Å². The van der Waals surface area contributed by atoms with E-state index in [9.17, 15) is 14.9 Å². The van der Waals surface area contributed by atoms with E-state index in [1.165, 1.54) is 0 Å². The zero-order valence-corrected chi connectivity index (χ0v) is 17.5. The monoisotopic (exact) mass is 453 g/mol. The van der Waals surface area contributed by atoms with Crippen LogP contribution in [-0.4, -0.2) is 53.1 Å². The lowest BCUT2D eigenvalue weighted by Gasteiger charge is -2.41. The molecule has 160 valence electrons. The summed E-state index contributed by atoms with van der Waals surface area (Å²) in [5, 5.41) is 27.6. The molecule has 1 fully saturated rings. The van der Waals surface area contributed by atoms with Gasteiger partial charge < -0.3 is 30.2 Å². The molecule has 0 bridgehead atoms. The van der Waals surface area contributed by atoms with Gasteiger partial charge in [0.15, 0.2) is 0 Å². The summed E-state index contributed by atoms with van der Waals surface area (Å²) in [6.07, 6.45) is 0.739. The summed E-state index contributed by atoms with van der Waals surface area (Å²) in [6, 6.07) is 10.5. The molecule has 2 aliphatic rings. The third-order valence-corrected chi connectivity index (χ3v) is 4.97. The van der Waals surface area contributed by atoms with E-state index in [-0.39, 0.29) is 48.0 Å². The normalized spacial score (nSPS) is 15.0. The van der Waals surface area contributed by atoms with Crippen molar-refractivity contribution < 1.29 is 24.3 Å². The predicted molar refractivity (Wildman–Crippen MR) is 119 cm³/mol. The molecule has 0 atom stereocenters. The number of anilines is 1. The smallest absolute Gasteiger partial charge is 0.522 e. The van der Waals surface area contributed by atoms with Crippen molar-refractivity contribution in [1.29, 1.82) is 5.41 Å². The number of nitrogens with zero attached hydrogens (tertiary/aromatic N) is 1. The largest absolute Gasteiger partial charge is 0.535 e. The molecule has 0 aromatic heterocycles. The number of halogens is 2. The number of carboxylic acid groups (broad SMARTS) is 1. The van der Waals surface area contributed by atoms with Gasteiger partial charge in [0.2, 0.25) is 0 Å². The highest BCUT2D eigenvalue weighted by molar-refractivity contribution is 6.44. The number of nitrogens with two attached hydrogens (primary N) is 1. The maximum atomic E-state index is 11.8. The number of carboxylic acids is 1. The predicted octanol–water partition coefficient (Wildman–Crippen LogP) is 2.31. The van der Waals surface area contributed by atoms with Gasteiger partial charge in [-0.25, -0.2) is 4.79 Å². The summed E-state index contributed by atoms with van der Waals surface area (Å²) >= 11 is 0. The minimum atomic E-state index is -1.16. The Hall–Kier alpha value is -2.62. The first-order chi connectivity index (χ1) is 13.4. The van der Waals surface area contributed by atoms with Crippen LogP contribution in [0.5, 0.6) is 11.5 Å². The topological polar surface area (TPSA) is 129 Å². The van der Waals surface area contributed by atoms with E-state index in [0.717, 1.165) is 11.1 Å². The molecule has 1 saturated heterocycles. The lowest BCUT2D eigenvalue weighted by atomic mass is 9.78. The Balaban J connectivity index is 0.00000160. The second-order valence-corrected chi connectivity index (χ2v) is 6.96. The Kier molecular flexibility index (Phi) is 7.46. The molecule has 0 saturated carbocycles.